The van der Waals surface area contributed by atoms with E-state index in [0.717, 1.165) is 48.9 Å². The maximum absolute atomic E-state index is 13.3. The number of benzene rings is 2. The second kappa shape index (κ2) is 17.5. The highest BCUT2D eigenvalue weighted by Gasteiger charge is 2.23. The Morgan fingerprint density at radius 3 is 2.55 bits per heavy atom. The van der Waals surface area contributed by atoms with Gasteiger partial charge in [0.05, 0.1) is 36.2 Å². The number of carbonyl (C=O) groups excluding carboxylic acids is 2. The molecule has 2 N–H and O–H groups in total. The topological polar surface area (TPSA) is 93.3 Å². The first-order valence-corrected chi connectivity index (χ1v) is 16.9. The minimum Gasteiger partial charge on any atom is -0.493 e. The summed E-state index contributed by atoms with van der Waals surface area (Å²) in [4.78, 5) is 34.5. The van der Waals surface area contributed by atoms with Gasteiger partial charge in [-0.05, 0) is 61.1 Å². The van der Waals surface area contributed by atoms with Crippen LogP contribution in [-0.2, 0) is 16.0 Å². The van der Waals surface area contributed by atoms with Crippen LogP contribution < -0.4 is 10.1 Å². The van der Waals surface area contributed by atoms with E-state index in [-0.39, 0.29) is 5.91 Å². The highest BCUT2D eigenvalue weighted by molar-refractivity contribution is 6.36. The Bertz CT molecular complexity index is 1370. The summed E-state index contributed by atoms with van der Waals surface area (Å²) in [6.45, 7) is 5.00. The van der Waals surface area contributed by atoms with E-state index >= 15 is 0 Å². The average molecular weight is 643 g/mol. The third-order valence-corrected chi connectivity index (χ3v) is 8.75. The Balaban J connectivity index is 1.59. The summed E-state index contributed by atoms with van der Waals surface area (Å²) in [7, 11) is 0. The Morgan fingerprint density at radius 2 is 1.80 bits per heavy atom. The van der Waals surface area contributed by atoms with Crippen molar-refractivity contribution in [2.24, 2.45) is 5.92 Å². The van der Waals surface area contributed by atoms with Crippen LogP contribution in [0.1, 0.15) is 112 Å². The Morgan fingerprint density at radius 1 is 1.02 bits per heavy atom. The minimum absolute atomic E-state index is 0.0107. The molecule has 7 nitrogen and oxygen atoms in total. The zero-order valence-electron chi connectivity index (χ0n) is 25.9. The summed E-state index contributed by atoms with van der Waals surface area (Å²) < 4.78 is 11.6. The predicted molar refractivity (Wildman–Crippen MR) is 176 cm³/mol. The number of rotatable bonds is 16. The summed E-state index contributed by atoms with van der Waals surface area (Å²) in [6.07, 6.45) is 13.2. The predicted octanol–water partition coefficient (Wildman–Crippen LogP) is 9.28. The van der Waals surface area contributed by atoms with Crippen molar-refractivity contribution in [1.82, 2.24) is 15.3 Å². The molecule has 1 unspecified atom stereocenters. The highest BCUT2D eigenvalue weighted by atomic mass is 35.5. The van der Waals surface area contributed by atoms with E-state index in [1.165, 1.54) is 32.1 Å². The van der Waals surface area contributed by atoms with E-state index < -0.39 is 12.0 Å². The number of imidazole rings is 1. The molecule has 0 radical (unpaired) electrons. The number of aromatic nitrogens is 2. The smallest absolute Gasteiger partial charge is 0.341 e. The molecule has 1 aromatic heterocycles. The van der Waals surface area contributed by atoms with Crippen molar-refractivity contribution in [3.63, 3.8) is 0 Å². The first-order chi connectivity index (χ1) is 21.4. The lowest BCUT2D eigenvalue weighted by Crippen LogP contribution is -2.30. The van der Waals surface area contributed by atoms with Crippen molar-refractivity contribution in [3.05, 3.63) is 69.6 Å². The number of nitrogens with one attached hydrogen (secondary N) is 2. The van der Waals surface area contributed by atoms with Gasteiger partial charge in [-0.15, -0.1) is 0 Å². The number of hydrogen-bond acceptors (Lipinski definition) is 5. The molecular formula is C35H45Cl2N3O4. The fraction of sp³-hybridized carbons (Fsp3) is 0.514. The van der Waals surface area contributed by atoms with E-state index in [9.17, 15) is 9.59 Å². The zero-order chi connectivity index (χ0) is 31.3. The molecule has 0 aliphatic heterocycles. The third kappa shape index (κ3) is 10.00. The van der Waals surface area contributed by atoms with Crippen molar-refractivity contribution >= 4 is 35.1 Å². The van der Waals surface area contributed by atoms with Crippen LogP contribution in [-0.4, -0.2) is 35.1 Å². The molecule has 1 fully saturated rings. The third-order valence-electron chi connectivity index (χ3n) is 8.20. The number of ether oxygens (including phenoxy) is 2. The maximum Gasteiger partial charge on any atom is 0.341 e. The van der Waals surface area contributed by atoms with Gasteiger partial charge in [-0.3, -0.25) is 4.79 Å². The minimum atomic E-state index is -0.430. The number of carbonyl (C=O) groups is 2. The van der Waals surface area contributed by atoms with Crippen LogP contribution in [0.15, 0.2) is 42.6 Å². The van der Waals surface area contributed by atoms with Crippen molar-refractivity contribution in [1.29, 1.82) is 0 Å². The zero-order valence-corrected chi connectivity index (χ0v) is 27.4. The normalized spacial score (nSPS) is 14.3. The monoisotopic (exact) mass is 641 g/mol. The van der Waals surface area contributed by atoms with Crippen molar-refractivity contribution in [3.8, 4) is 17.0 Å². The lowest BCUT2D eigenvalue weighted by molar-refractivity contribution is -0.122. The Labute approximate surface area is 271 Å². The number of halogens is 2. The van der Waals surface area contributed by atoms with Gasteiger partial charge in [-0.2, -0.15) is 0 Å². The molecule has 1 amide bonds. The Hall–Kier alpha value is -3.03. The number of nitrogens with zero attached hydrogens (tertiary/aromatic N) is 1. The SMILES string of the molecule is CCCCOC(=O)c1cc(C(Cc2ncc(-c3ccc(Cl)cc3Cl)[nH]2)NC(=O)CCC2CCCCC2)ccc1OCCCC. The second-order valence-corrected chi connectivity index (χ2v) is 12.5. The van der Waals surface area contributed by atoms with Gasteiger partial charge in [-0.1, -0.05) is 88.1 Å². The molecule has 9 heteroatoms. The summed E-state index contributed by atoms with van der Waals surface area (Å²) in [6, 6.07) is 10.4. The molecule has 3 aromatic rings. The van der Waals surface area contributed by atoms with Crippen LogP contribution in [0.5, 0.6) is 5.75 Å². The van der Waals surface area contributed by atoms with Gasteiger partial charge in [-0.25, -0.2) is 9.78 Å². The van der Waals surface area contributed by atoms with Gasteiger partial charge in [0.1, 0.15) is 17.1 Å². The largest absolute Gasteiger partial charge is 0.493 e. The maximum atomic E-state index is 13.3. The quantitative estimate of drug-likeness (QED) is 0.120. The van der Waals surface area contributed by atoms with Crippen LogP contribution >= 0.6 is 23.2 Å². The van der Waals surface area contributed by atoms with Crippen LogP contribution in [0.25, 0.3) is 11.3 Å². The number of unbranched alkanes of at least 4 members (excludes halogenated alkanes) is 2. The van der Waals surface area contributed by atoms with Gasteiger partial charge < -0.3 is 19.8 Å². The van der Waals surface area contributed by atoms with Crippen molar-refractivity contribution in [2.75, 3.05) is 13.2 Å². The van der Waals surface area contributed by atoms with Gasteiger partial charge >= 0.3 is 5.97 Å². The molecule has 4 rings (SSSR count). The molecule has 0 bridgehead atoms. The average Bonchev–Trinajstić information content (AvgIpc) is 3.48. The molecule has 1 aliphatic carbocycles. The lowest BCUT2D eigenvalue weighted by Gasteiger charge is -2.23. The van der Waals surface area contributed by atoms with Crippen molar-refractivity contribution in [2.45, 2.75) is 96.9 Å². The molecule has 1 atom stereocenters. The van der Waals surface area contributed by atoms with Crippen molar-refractivity contribution < 1.29 is 19.1 Å². The molecule has 0 spiro atoms. The summed E-state index contributed by atoms with van der Waals surface area (Å²) in [5.41, 5.74) is 2.69. The summed E-state index contributed by atoms with van der Waals surface area (Å²) >= 11 is 12.5. The molecule has 238 valence electrons. The van der Waals surface area contributed by atoms with Crippen LogP contribution in [0.4, 0.5) is 0 Å². The number of aromatic amines is 1. The van der Waals surface area contributed by atoms with Gasteiger partial charge in [0.25, 0.3) is 0 Å². The number of H-pyrrole nitrogens is 1. The number of hydrogen-bond donors (Lipinski definition) is 2. The lowest BCUT2D eigenvalue weighted by atomic mass is 9.86. The molecule has 44 heavy (non-hydrogen) atoms. The van der Waals surface area contributed by atoms with E-state index in [1.807, 2.05) is 18.2 Å². The van der Waals surface area contributed by atoms with E-state index in [2.05, 4.69) is 29.1 Å². The van der Waals surface area contributed by atoms with Gasteiger partial charge in [0.2, 0.25) is 5.91 Å². The Kier molecular flexibility index (Phi) is 13.4. The number of amides is 1. The second-order valence-electron chi connectivity index (χ2n) is 11.7. The standard InChI is InChI=1S/C35H45Cl2N3O4/c1-3-5-18-43-32-16-13-25(20-28(32)35(42)44-19-6-4-2)30(40-34(41)17-12-24-10-8-7-9-11-24)22-33-38-23-31(39-33)27-15-14-26(36)21-29(27)37/h13-16,20-21,23-24,30H,3-12,17-19,22H2,1-2H3,(H,38,39)(H,40,41). The first kappa shape index (κ1) is 33.9. The summed E-state index contributed by atoms with van der Waals surface area (Å²) in [5.74, 6) is 1.34. The van der Waals surface area contributed by atoms with E-state index in [1.54, 1.807) is 24.4 Å². The fourth-order valence-electron chi connectivity index (χ4n) is 5.60. The van der Waals surface area contributed by atoms with Crippen LogP contribution in [0, 0.1) is 5.92 Å². The van der Waals surface area contributed by atoms with Gasteiger partial charge in [0, 0.05) is 23.4 Å². The molecule has 2 aromatic carbocycles. The molecule has 1 saturated carbocycles. The van der Waals surface area contributed by atoms with E-state index in [0.29, 0.717) is 59.2 Å². The van der Waals surface area contributed by atoms with Gasteiger partial charge in [0.15, 0.2) is 0 Å². The van der Waals surface area contributed by atoms with Crippen LogP contribution in [0.2, 0.25) is 10.0 Å². The van der Waals surface area contributed by atoms with Crippen LogP contribution in [0.3, 0.4) is 0 Å². The molecule has 1 aliphatic rings. The summed E-state index contributed by atoms with van der Waals surface area (Å²) in [5, 5.41) is 4.32. The number of esters is 1. The molecule has 1 heterocycles. The van der Waals surface area contributed by atoms with E-state index in [4.69, 9.17) is 32.7 Å². The molecule has 0 saturated heterocycles. The highest BCUT2D eigenvalue weighted by Crippen LogP contribution is 2.31. The first-order valence-electron chi connectivity index (χ1n) is 16.1. The molecular weight excluding hydrogens is 597 g/mol. The fourth-order valence-corrected chi connectivity index (χ4v) is 6.11.